The number of hydrogen-bond donors (Lipinski definition) is 0. The Labute approximate surface area is 125 Å². The summed E-state index contributed by atoms with van der Waals surface area (Å²) in [6.45, 7) is 1.39. The zero-order chi connectivity index (χ0) is 14.8. The molecule has 0 aliphatic carbocycles. The van der Waals surface area contributed by atoms with Crippen LogP contribution in [0.2, 0.25) is 0 Å². The molecule has 1 aromatic carbocycles. The quantitative estimate of drug-likeness (QED) is 0.784. The fourth-order valence-electron chi connectivity index (χ4n) is 2.23. The molecule has 1 fully saturated rings. The van der Waals surface area contributed by atoms with E-state index in [0.29, 0.717) is 29.7 Å². The number of likely N-dealkylation sites (tertiary alicyclic amines) is 1. The summed E-state index contributed by atoms with van der Waals surface area (Å²) in [6.07, 6.45) is -0.178. The second-order valence-corrected chi connectivity index (χ2v) is 5.79. The average Bonchev–Trinajstić information content (AvgIpc) is 2.40. The maximum Gasteiger partial charge on any atom is 0.338 e. The van der Waals surface area contributed by atoms with Crippen molar-refractivity contribution in [3.8, 4) is 0 Å². The Morgan fingerprint density at radius 2 is 2.05 bits per heavy atom. The molecular formula is C14H16BrF2NO2. The van der Waals surface area contributed by atoms with Crippen molar-refractivity contribution in [2.24, 2.45) is 0 Å². The highest BCUT2D eigenvalue weighted by molar-refractivity contribution is 9.10. The number of carbonyl (C=O) groups is 1. The van der Waals surface area contributed by atoms with Crippen LogP contribution in [-0.2, 0) is 11.3 Å². The number of benzene rings is 1. The Balaban J connectivity index is 2.01. The number of piperidine rings is 1. The van der Waals surface area contributed by atoms with Gasteiger partial charge in [-0.15, -0.1) is 0 Å². The third-order valence-electron chi connectivity index (χ3n) is 3.43. The van der Waals surface area contributed by atoms with Crippen LogP contribution in [0.1, 0.15) is 28.8 Å². The van der Waals surface area contributed by atoms with Gasteiger partial charge in [-0.2, -0.15) is 0 Å². The highest BCUT2D eigenvalue weighted by Gasteiger charge is 2.33. The molecule has 1 heterocycles. The van der Waals surface area contributed by atoms with E-state index in [-0.39, 0.29) is 12.8 Å². The van der Waals surface area contributed by atoms with Gasteiger partial charge >= 0.3 is 5.97 Å². The Morgan fingerprint density at radius 1 is 1.40 bits per heavy atom. The summed E-state index contributed by atoms with van der Waals surface area (Å²) in [5, 5.41) is 0. The van der Waals surface area contributed by atoms with Crippen molar-refractivity contribution < 1.29 is 18.3 Å². The Kier molecular flexibility index (Phi) is 4.75. The van der Waals surface area contributed by atoms with Gasteiger partial charge in [0.05, 0.1) is 12.7 Å². The van der Waals surface area contributed by atoms with Crippen molar-refractivity contribution in [2.75, 3.05) is 20.2 Å². The van der Waals surface area contributed by atoms with Crippen LogP contribution in [0.15, 0.2) is 22.7 Å². The lowest BCUT2D eigenvalue weighted by Crippen LogP contribution is -2.38. The van der Waals surface area contributed by atoms with Gasteiger partial charge in [0.15, 0.2) is 0 Å². The zero-order valence-corrected chi connectivity index (χ0v) is 12.8. The third-order valence-corrected chi connectivity index (χ3v) is 4.09. The number of methoxy groups -OCH3 is 1. The zero-order valence-electron chi connectivity index (χ0n) is 11.2. The minimum Gasteiger partial charge on any atom is -0.465 e. The Bertz CT molecular complexity index is 498. The van der Waals surface area contributed by atoms with E-state index in [1.807, 2.05) is 17.0 Å². The number of halogens is 3. The highest BCUT2D eigenvalue weighted by atomic mass is 79.9. The maximum atomic E-state index is 13.1. The molecular weight excluding hydrogens is 332 g/mol. The van der Waals surface area contributed by atoms with Gasteiger partial charge in [-0.05, 0) is 33.6 Å². The van der Waals surface area contributed by atoms with E-state index >= 15 is 0 Å². The van der Waals surface area contributed by atoms with Gasteiger partial charge in [0.2, 0.25) is 0 Å². The molecule has 0 aromatic heterocycles. The minimum absolute atomic E-state index is 0.0889. The van der Waals surface area contributed by atoms with Gasteiger partial charge in [0.1, 0.15) is 0 Å². The topological polar surface area (TPSA) is 29.5 Å². The third kappa shape index (κ3) is 3.76. The molecule has 0 unspecified atom stereocenters. The van der Waals surface area contributed by atoms with Crippen LogP contribution in [0.4, 0.5) is 8.78 Å². The van der Waals surface area contributed by atoms with Gasteiger partial charge in [0.25, 0.3) is 5.92 Å². The molecule has 6 heteroatoms. The van der Waals surface area contributed by atoms with E-state index in [9.17, 15) is 13.6 Å². The Morgan fingerprint density at radius 3 is 2.60 bits per heavy atom. The molecule has 0 N–H and O–H groups in total. The summed E-state index contributed by atoms with van der Waals surface area (Å²) in [5.74, 6) is -2.92. The first-order chi connectivity index (χ1) is 9.41. The lowest BCUT2D eigenvalue weighted by Gasteiger charge is -2.31. The van der Waals surface area contributed by atoms with Gasteiger partial charge in [-0.1, -0.05) is 6.07 Å². The first-order valence-corrected chi connectivity index (χ1v) is 7.17. The van der Waals surface area contributed by atoms with Crippen LogP contribution >= 0.6 is 15.9 Å². The molecule has 0 spiro atoms. The molecule has 0 saturated carbocycles. The highest BCUT2D eigenvalue weighted by Crippen LogP contribution is 2.29. The monoisotopic (exact) mass is 347 g/mol. The predicted molar refractivity (Wildman–Crippen MR) is 74.9 cm³/mol. The Hall–Kier alpha value is -1.01. The smallest absolute Gasteiger partial charge is 0.338 e. The molecule has 2 rings (SSSR count). The predicted octanol–water partition coefficient (Wildman–Crippen LogP) is 3.47. The van der Waals surface area contributed by atoms with E-state index in [4.69, 9.17) is 0 Å². The molecule has 0 atom stereocenters. The first-order valence-electron chi connectivity index (χ1n) is 6.38. The van der Waals surface area contributed by atoms with Crippen molar-refractivity contribution in [1.82, 2.24) is 4.90 Å². The largest absolute Gasteiger partial charge is 0.465 e. The summed E-state index contributed by atoms with van der Waals surface area (Å²) in [7, 11) is 1.33. The lowest BCUT2D eigenvalue weighted by atomic mass is 10.1. The van der Waals surface area contributed by atoms with Crippen molar-refractivity contribution in [2.45, 2.75) is 25.3 Å². The molecule has 0 radical (unpaired) electrons. The molecule has 0 bridgehead atoms. The van der Waals surface area contributed by atoms with Crippen molar-refractivity contribution >= 4 is 21.9 Å². The van der Waals surface area contributed by atoms with Crippen LogP contribution in [0.5, 0.6) is 0 Å². The van der Waals surface area contributed by atoms with E-state index in [2.05, 4.69) is 20.7 Å². The summed E-state index contributed by atoms with van der Waals surface area (Å²) < 4.78 is 31.5. The van der Waals surface area contributed by atoms with Crippen LogP contribution in [0.25, 0.3) is 0 Å². The molecule has 1 saturated heterocycles. The van der Waals surface area contributed by atoms with Crippen LogP contribution in [0.3, 0.4) is 0 Å². The van der Waals surface area contributed by atoms with Crippen molar-refractivity contribution in [3.05, 3.63) is 33.8 Å². The molecule has 1 aliphatic heterocycles. The number of alkyl halides is 2. The van der Waals surface area contributed by atoms with Crippen LogP contribution in [-0.4, -0.2) is 37.0 Å². The number of nitrogens with zero attached hydrogens (tertiary/aromatic N) is 1. The lowest BCUT2D eigenvalue weighted by molar-refractivity contribution is -0.0566. The first kappa shape index (κ1) is 15.4. The van der Waals surface area contributed by atoms with E-state index in [0.717, 1.165) is 5.56 Å². The standard InChI is InChI=1S/C14H16BrF2NO2/c1-20-13(19)11-3-2-10(8-12(11)15)9-18-6-4-14(16,17)5-7-18/h2-3,8H,4-7,9H2,1H3. The molecule has 20 heavy (non-hydrogen) atoms. The number of ether oxygens (including phenoxy) is 1. The van der Waals surface area contributed by atoms with E-state index in [1.165, 1.54) is 7.11 Å². The summed E-state index contributed by atoms with van der Waals surface area (Å²) >= 11 is 3.33. The van der Waals surface area contributed by atoms with Crippen molar-refractivity contribution in [3.63, 3.8) is 0 Å². The molecule has 110 valence electrons. The van der Waals surface area contributed by atoms with Crippen molar-refractivity contribution in [1.29, 1.82) is 0 Å². The van der Waals surface area contributed by atoms with Gasteiger partial charge in [-0.3, -0.25) is 4.90 Å². The number of hydrogen-bond acceptors (Lipinski definition) is 3. The van der Waals surface area contributed by atoms with E-state index < -0.39 is 11.9 Å². The van der Waals surface area contributed by atoms with Gasteiger partial charge in [0, 0.05) is 36.9 Å². The SMILES string of the molecule is COC(=O)c1ccc(CN2CCC(F)(F)CC2)cc1Br. The van der Waals surface area contributed by atoms with Gasteiger partial charge < -0.3 is 4.74 Å². The second kappa shape index (κ2) is 6.18. The maximum absolute atomic E-state index is 13.1. The van der Waals surface area contributed by atoms with E-state index in [1.54, 1.807) is 6.07 Å². The number of carbonyl (C=O) groups excluding carboxylic acids is 1. The molecule has 1 aliphatic rings. The van der Waals surface area contributed by atoms with Gasteiger partial charge in [-0.25, -0.2) is 13.6 Å². The minimum atomic E-state index is -2.52. The summed E-state index contributed by atoms with van der Waals surface area (Å²) in [5.41, 5.74) is 1.44. The summed E-state index contributed by atoms with van der Waals surface area (Å²) in [4.78, 5) is 13.5. The molecule has 0 amide bonds. The normalized spacial score (nSPS) is 18.8. The number of esters is 1. The second-order valence-electron chi connectivity index (χ2n) is 4.94. The van der Waals surface area contributed by atoms with Crippen LogP contribution < -0.4 is 0 Å². The molecule has 1 aromatic rings. The average molecular weight is 348 g/mol. The number of rotatable bonds is 3. The fraction of sp³-hybridized carbons (Fsp3) is 0.500. The summed E-state index contributed by atoms with van der Waals surface area (Å²) in [6, 6.07) is 5.34. The fourth-order valence-corrected chi connectivity index (χ4v) is 2.82. The molecule has 3 nitrogen and oxygen atoms in total. The van der Waals surface area contributed by atoms with Crippen LogP contribution in [0, 0.1) is 0 Å².